The maximum atomic E-state index is 9.97. The Hall–Kier alpha value is -5.18. The molecule has 16 N–H and O–H groups in total. The fraction of sp³-hybridized carbons (Fsp3) is 0. The summed E-state index contributed by atoms with van der Waals surface area (Å²) in [6.07, 6.45) is 0. The van der Waals surface area contributed by atoms with Gasteiger partial charge in [0.05, 0.1) is 11.9 Å². The van der Waals surface area contributed by atoms with Gasteiger partial charge >= 0.3 is 11.9 Å². The fourth-order valence-corrected chi connectivity index (χ4v) is 0.725. The van der Waals surface area contributed by atoms with E-state index in [1.807, 2.05) is 0 Å². The molecule has 0 aliphatic rings. The summed E-state index contributed by atoms with van der Waals surface area (Å²) >= 11 is 0. The van der Waals surface area contributed by atoms with Crippen LogP contribution >= 0.6 is 0 Å². The minimum absolute atomic E-state index is 0.0833. The second kappa shape index (κ2) is 13.1. The predicted octanol–water partition coefficient (Wildman–Crippen LogP) is -7.67. The van der Waals surface area contributed by atoms with Gasteiger partial charge < -0.3 is 21.5 Å². The van der Waals surface area contributed by atoms with Crippen LogP contribution in [0.1, 0.15) is 0 Å². The van der Waals surface area contributed by atoms with E-state index in [0.717, 1.165) is 0 Å². The molecule has 22 nitrogen and oxygen atoms in total. The normalized spacial score (nSPS) is 10.1. The summed E-state index contributed by atoms with van der Waals surface area (Å²) in [7, 11) is 0. The van der Waals surface area contributed by atoms with Crippen molar-refractivity contribution >= 4 is 35.7 Å². The molecule has 28 heavy (non-hydrogen) atoms. The molecule has 1 aromatic heterocycles. The molecular formula is C6H16N18O4. The van der Waals surface area contributed by atoms with Crippen LogP contribution in [0.3, 0.4) is 0 Å². The standard InChI is InChI=1S/C4H4N12O4.2CH5N3/c5-1(13-15(17)18)7-3-9-11-4(12-10-3)8-2(6)14-16(19)20;2*2-1(3)4/h(H4-2,5,6,7,8,9,10,11,12,13,14);2*(H5,2,3,4)/q-2;;/p+2. The predicted molar refractivity (Wildman–Crippen MR) is 91.5 cm³/mol. The van der Waals surface area contributed by atoms with Crippen LogP contribution in [0, 0.1) is 20.2 Å². The molecule has 22 heteroatoms. The first-order valence-electron chi connectivity index (χ1n) is 6.08. The molecule has 154 valence electrons. The fourth-order valence-electron chi connectivity index (χ4n) is 0.725. The lowest BCUT2D eigenvalue weighted by Crippen LogP contribution is -2.51. The smallest absolute Gasteiger partial charge is 0.336 e. The SMILES string of the molecule is N/C(=N\c1nnc(/N=C(\N)[N-][N+](=O)[O-])nn1)[N-][N+](=O)[O-].NC(N)=[NH2+].NC(N)=[NH2+]. The lowest BCUT2D eigenvalue weighted by molar-refractivity contribution is -0.416. The Bertz CT molecular complexity index is 668. The van der Waals surface area contributed by atoms with Crippen LogP contribution in [-0.2, 0) is 0 Å². The van der Waals surface area contributed by atoms with Gasteiger partial charge in [0.25, 0.3) is 0 Å². The highest BCUT2D eigenvalue weighted by atomic mass is 16.7. The molecular weight excluding hydrogens is 388 g/mol. The minimum atomic E-state index is -1.07. The van der Waals surface area contributed by atoms with Gasteiger partial charge in [-0.2, -0.15) is 0 Å². The van der Waals surface area contributed by atoms with Gasteiger partial charge in [0.15, 0.2) is 0 Å². The van der Waals surface area contributed by atoms with Crippen molar-refractivity contribution < 1.29 is 20.9 Å². The molecule has 0 aliphatic heterocycles. The van der Waals surface area contributed by atoms with Gasteiger partial charge in [-0.25, -0.2) is 20.2 Å². The number of nitro groups is 2. The summed E-state index contributed by atoms with van der Waals surface area (Å²) in [5.41, 5.74) is 33.7. The van der Waals surface area contributed by atoms with Crippen molar-refractivity contribution in [3.8, 4) is 0 Å². The van der Waals surface area contributed by atoms with Crippen molar-refractivity contribution in [2.24, 2.45) is 44.4 Å². The number of hydrogen-bond donors (Lipinski definition) is 8. The van der Waals surface area contributed by atoms with Crippen molar-refractivity contribution in [3.05, 3.63) is 31.1 Å². The maximum Gasteiger partial charge on any atom is 0.336 e. The first kappa shape index (κ1) is 25.1. The maximum absolute atomic E-state index is 9.97. The van der Waals surface area contributed by atoms with Crippen LogP contribution in [0.25, 0.3) is 10.9 Å². The van der Waals surface area contributed by atoms with E-state index < -0.39 is 33.9 Å². The Balaban J connectivity index is 0. The molecule has 0 radical (unpaired) electrons. The van der Waals surface area contributed by atoms with Gasteiger partial charge in [-0.05, 0) is 0 Å². The van der Waals surface area contributed by atoms with E-state index >= 15 is 0 Å². The largest absolute Gasteiger partial charge is 0.449 e. The Labute approximate surface area is 153 Å². The summed E-state index contributed by atoms with van der Waals surface area (Å²) < 4.78 is 0. The van der Waals surface area contributed by atoms with Gasteiger partial charge in [-0.1, -0.05) is 10.9 Å². The number of guanidine groups is 4. The first-order chi connectivity index (χ1) is 12.8. The molecule has 0 unspecified atom stereocenters. The molecule has 0 fully saturated rings. The van der Waals surface area contributed by atoms with Crippen molar-refractivity contribution in [1.82, 2.24) is 20.4 Å². The highest BCUT2D eigenvalue weighted by Gasteiger charge is 1.98. The molecule has 0 amide bonds. The van der Waals surface area contributed by atoms with E-state index in [1.165, 1.54) is 0 Å². The third kappa shape index (κ3) is 18.9. The lowest BCUT2D eigenvalue weighted by atomic mass is 10.9. The molecule has 0 saturated heterocycles. The molecule has 0 bridgehead atoms. The summed E-state index contributed by atoms with van der Waals surface area (Å²) in [5.74, 6) is -2.48. The highest BCUT2D eigenvalue weighted by Crippen LogP contribution is 2.05. The molecule has 0 saturated carbocycles. The van der Waals surface area contributed by atoms with Crippen LogP contribution < -0.4 is 45.2 Å². The third-order valence-electron chi connectivity index (χ3n) is 1.26. The van der Waals surface area contributed by atoms with Crippen LogP contribution in [0.4, 0.5) is 11.9 Å². The minimum Gasteiger partial charge on any atom is -0.449 e. The Morgan fingerprint density at radius 1 is 0.750 bits per heavy atom. The van der Waals surface area contributed by atoms with Crippen LogP contribution in [0.15, 0.2) is 9.98 Å². The topological polar surface area (TPSA) is 398 Å². The van der Waals surface area contributed by atoms with Crippen LogP contribution in [-0.4, -0.2) is 54.3 Å². The molecule has 0 aromatic carbocycles. The quantitative estimate of drug-likeness (QED) is 0.0999. The molecule has 0 atom stereocenters. The van der Waals surface area contributed by atoms with Gasteiger partial charge in [0, 0.05) is 0 Å². The second-order valence-corrected chi connectivity index (χ2v) is 3.62. The van der Waals surface area contributed by atoms with Crippen molar-refractivity contribution in [3.63, 3.8) is 0 Å². The van der Waals surface area contributed by atoms with E-state index in [1.54, 1.807) is 0 Å². The van der Waals surface area contributed by atoms with Crippen molar-refractivity contribution in [2.45, 2.75) is 0 Å². The third-order valence-corrected chi connectivity index (χ3v) is 1.26. The summed E-state index contributed by atoms with van der Waals surface area (Å²) in [6, 6.07) is 0. The van der Waals surface area contributed by atoms with Gasteiger partial charge in [-0.15, -0.1) is 20.4 Å². The van der Waals surface area contributed by atoms with Crippen LogP contribution in [0.2, 0.25) is 0 Å². The van der Waals surface area contributed by atoms with Gasteiger partial charge in [0.2, 0.25) is 11.9 Å². The van der Waals surface area contributed by atoms with E-state index in [2.05, 4.69) is 75.0 Å². The van der Waals surface area contributed by atoms with Crippen molar-refractivity contribution in [1.29, 1.82) is 0 Å². The molecule has 1 aromatic rings. The van der Waals surface area contributed by atoms with Crippen LogP contribution in [0.5, 0.6) is 0 Å². The zero-order valence-electron chi connectivity index (χ0n) is 13.7. The van der Waals surface area contributed by atoms with E-state index in [4.69, 9.17) is 11.5 Å². The molecule has 1 rings (SSSR count). The summed E-state index contributed by atoms with van der Waals surface area (Å²) in [5, 5.41) is 40.2. The monoisotopic (exact) mass is 404 g/mol. The Morgan fingerprint density at radius 2 is 0.964 bits per heavy atom. The number of aliphatic imine (C=N–C) groups is 2. The van der Waals surface area contributed by atoms with E-state index in [-0.39, 0.29) is 11.9 Å². The Morgan fingerprint density at radius 3 is 1.14 bits per heavy atom. The molecule has 1 heterocycles. The number of nitrogens with zero attached hydrogens (tertiary/aromatic N) is 10. The number of aromatic nitrogens is 4. The van der Waals surface area contributed by atoms with Gasteiger partial charge in [0.1, 0.15) is 10.1 Å². The van der Waals surface area contributed by atoms with E-state index in [9.17, 15) is 20.2 Å². The Kier molecular flexibility index (Phi) is 11.8. The lowest BCUT2D eigenvalue weighted by Gasteiger charge is -2.03. The average Bonchev–Trinajstić information content (AvgIpc) is 2.46. The zero-order valence-corrected chi connectivity index (χ0v) is 13.7. The first-order valence-corrected chi connectivity index (χ1v) is 6.08. The number of nitrogens with two attached hydrogens (primary N) is 8. The molecule has 0 aliphatic carbocycles. The summed E-state index contributed by atoms with van der Waals surface area (Å²) in [4.78, 5) is 26.5. The average molecular weight is 404 g/mol. The van der Waals surface area contributed by atoms with E-state index in [0.29, 0.717) is 0 Å². The number of rotatable bonds is 4. The molecule has 0 spiro atoms. The number of hydrogen-bond acceptors (Lipinski definition) is 10. The highest BCUT2D eigenvalue weighted by molar-refractivity contribution is 5.90. The van der Waals surface area contributed by atoms with Crippen molar-refractivity contribution in [2.75, 3.05) is 0 Å². The zero-order chi connectivity index (χ0) is 22.3. The summed E-state index contributed by atoms with van der Waals surface area (Å²) in [6.45, 7) is 0. The second-order valence-electron chi connectivity index (χ2n) is 3.62. The van der Waals surface area contributed by atoms with Gasteiger partial charge in [-0.3, -0.25) is 33.8 Å².